The quantitative estimate of drug-likeness (QED) is 0.763. The van der Waals surface area contributed by atoms with Crippen LogP contribution < -0.4 is 5.32 Å². The number of hydrogen-bond acceptors (Lipinski definition) is 3. The van der Waals surface area contributed by atoms with Crippen LogP contribution in [0.25, 0.3) is 0 Å². The highest BCUT2D eigenvalue weighted by Crippen LogP contribution is 2.11. The first kappa shape index (κ1) is 13.6. The van der Waals surface area contributed by atoms with Crippen LogP contribution >= 0.6 is 0 Å². The molecule has 0 atom stereocenters. The fourth-order valence-electron chi connectivity index (χ4n) is 1.45. The summed E-state index contributed by atoms with van der Waals surface area (Å²) in [6.45, 7) is 5.28. The monoisotopic (exact) mass is 235 g/mol. The predicted molar refractivity (Wildman–Crippen MR) is 66.0 cm³/mol. The van der Waals surface area contributed by atoms with Crippen molar-refractivity contribution in [1.29, 1.82) is 5.26 Å². The maximum Gasteiger partial charge on any atom is 0.145 e. The molecule has 1 rings (SSSR count). The lowest BCUT2D eigenvalue weighted by Gasteiger charge is -2.14. The van der Waals surface area contributed by atoms with Crippen LogP contribution in [0, 0.1) is 17.1 Å². The Balaban J connectivity index is 2.45. The zero-order valence-corrected chi connectivity index (χ0v) is 10.3. The van der Waals surface area contributed by atoms with E-state index >= 15 is 0 Å². The lowest BCUT2D eigenvalue weighted by Crippen LogP contribution is -2.29. The molecule has 0 unspecified atom stereocenters. The number of nitrogens with one attached hydrogen (secondary N) is 1. The average Bonchev–Trinajstić information content (AvgIpc) is 2.36. The zero-order chi connectivity index (χ0) is 12.7. The molecule has 0 aliphatic carbocycles. The smallest absolute Gasteiger partial charge is 0.145 e. The van der Waals surface area contributed by atoms with E-state index in [-0.39, 0.29) is 5.56 Å². The summed E-state index contributed by atoms with van der Waals surface area (Å²) >= 11 is 0. The molecule has 0 aliphatic rings. The Morgan fingerprint density at radius 1 is 1.47 bits per heavy atom. The normalized spacial score (nSPS) is 10.5. The maximum absolute atomic E-state index is 13.7. The van der Waals surface area contributed by atoms with Crippen LogP contribution in [0.4, 0.5) is 4.39 Å². The third-order valence-electron chi connectivity index (χ3n) is 2.72. The lowest BCUT2D eigenvalue weighted by molar-refractivity contribution is 0.348. The minimum absolute atomic E-state index is 0.106. The van der Waals surface area contributed by atoms with Gasteiger partial charge >= 0.3 is 0 Å². The molecule has 0 amide bonds. The van der Waals surface area contributed by atoms with Crippen LogP contribution in [-0.2, 0) is 6.54 Å². The summed E-state index contributed by atoms with van der Waals surface area (Å²) in [6.07, 6.45) is 0. The van der Waals surface area contributed by atoms with Gasteiger partial charge in [0.05, 0.1) is 5.56 Å². The number of nitrogens with zero attached hydrogens (tertiary/aromatic N) is 2. The van der Waals surface area contributed by atoms with E-state index in [9.17, 15) is 4.39 Å². The highest BCUT2D eigenvalue weighted by atomic mass is 19.1. The molecule has 1 aromatic carbocycles. The predicted octanol–water partition coefficient (Wildman–Crippen LogP) is 1.74. The minimum Gasteiger partial charge on any atom is -0.311 e. The molecule has 0 heterocycles. The van der Waals surface area contributed by atoms with Crippen molar-refractivity contribution in [2.45, 2.75) is 13.5 Å². The van der Waals surface area contributed by atoms with Gasteiger partial charge in [0.1, 0.15) is 11.9 Å². The third-order valence-corrected chi connectivity index (χ3v) is 2.72. The van der Waals surface area contributed by atoms with Gasteiger partial charge in [-0.25, -0.2) is 4.39 Å². The van der Waals surface area contributed by atoms with E-state index in [2.05, 4.69) is 17.1 Å². The summed E-state index contributed by atoms with van der Waals surface area (Å²) in [5, 5.41) is 11.9. The topological polar surface area (TPSA) is 39.1 Å². The molecule has 3 nitrogen and oxygen atoms in total. The molecule has 0 aliphatic heterocycles. The molecule has 1 N–H and O–H groups in total. The van der Waals surface area contributed by atoms with Crippen molar-refractivity contribution < 1.29 is 4.39 Å². The fraction of sp³-hybridized carbons (Fsp3) is 0.462. The summed E-state index contributed by atoms with van der Waals surface area (Å²) < 4.78 is 13.7. The van der Waals surface area contributed by atoms with Crippen molar-refractivity contribution in [3.63, 3.8) is 0 Å². The molecule has 4 heteroatoms. The Hall–Kier alpha value is -1.44. The number of rotatable bonds is 6. The summed E-state index contributed by atoms with van der Waals surface area (Å²) in [6, 6.07) is 6.74. The van der Waals surface area contributed by atoms with Gasteiger partial charge in [-0.1, -0.05) is 19.1 Å². The summed E-state index contributed by atoms with van der Waals surface area (Å²) in [4.78, 5) is 2.18. The Bertz CT molecular complexity index is 398. The summed E-state index contributed by atoms with van der Waals surface area (Å²) in [7, 11) is 2.04. The van der Waals surface area contributed by atoms with E-state index in [0.29, 0.717) is 12.1 Å². The van der Waals surface area contributed by atoms with Crippen molar-refractivity contribution in [3.8, 4) is 6.07 Å². The molecule has 1 aromatic rings. The average molecular weight is 235 g/mol. The van der Waals surface area contributed by atoms with Gasteiger partial charge in [0.25, 0.3) is 0 Å². The van der Waals surface area contributed by atoms with Crippen molar-refractivity contribution in [3.05, 3.63) is 35.1 Å². The molecular weight excluding hydrogens is 217 g/mol. The van der Waals surface area contributed by atoms with Crippen LogP contribution in [-0.4, -0.2) is 31.6 Å². The number of benzene rings is 1. The van der Waals surface area contributed by atoms with Crippen molar-refractivity contribution in [2.75, 3.05) is 26.7 Å². The Morgan fingerprint density at radius 3 is 2.88 bits per heavy atom. The number of likely N-dealkylation sites (N-methyl/N-ethyl adjacent to an activating group) is 1. The molecular formula is C13H18FN3. The van der Waals surface area contributed by atoms with Crippen LogP contribution in [0.1, 0.15) is 18.1 Å². The number of halogens is 1. The first-order valence-corrected chi connectivity index (χ1v) is 5.75. The van der Waals surface area contributed by atoms with Crippen molar-refractivity contribution >= 4 is 0 Å². The zero-order valence-electron chi connectivity index (χ0n) is 10.3. The van der Waals surface area contributed by atoms with Crippen LogP contribution in [0.3, 0.4) is 0 Å². The van der Waals surface area contributed by atoms with Crippen LogP contribution in [0.2, 0.25) is 0 Å². The van der Waals surface area contributed by atoms with Gasteiger partial charge in [0.15, 0.2) is 0 Å². The fourth-order valence-corrected chi connectivity index (χ4v) is 1.45. The van der Waals surface area contributed by atoms with Crippen molar-refractivity contribution in [1.82, 2.24) is 10.2 Å². The Kier molecular flexibility index (Phi) is 5.61. The van der Waals surface area contributed by atoms with Gasteiger partial charge in [-0.3, -0.25) is 0 Å². The first-order valence-electron chi connectivity index (χ1n) is 5.75. The molecule has 92 valence electrons. The van der Waals surface area contributed by atoms with Gasteiger partial charge < -0.3 is 10.2 Å². The molecule has 0 bridgehead atoms. The highest BCUT2D eigenvalue weighted by molar-refractivity contribution is 5.34. The molecule has 0 fully saturated rings. The third kappa shape index (κ3) is 4.14. The number of hydrogen-bond donors (Lipinski definition) is 1. The first-order chi connectivity index (χ1) is 8.19. The molecule has 0 spiro atoms. The SMILES string of the molecule is CCN(C)CCNCc1cccc(C#N)c1F. The van der Waals surface area contributed by atoms with E-state index in [1.54, 1.807) is 12.1 Å². The minimum atomic E-state index is -0.411. The number of nitriles is 1. The van der Waals surface area contributed by atoms with Gasteiger partial charge in [0.2, 0.25) is 0 Å². The Labute approximate surface area is 102 Å². The van der Waals surface area contributed by atoms with E-state index in [1.165, 1.54) is 6.07 Å². The maximum atomic E-state index is 13.7. The van der Waals surface area contributed by atoms with Gasteiger partial charge in [0, 0.05) is 25.2 Å². The molecule has 0 saturated heterocycles. The second-order valence-corrected chi connectivity index (χ2v) is 3.96. The molecule has 0 aromatic heterocycles. The summed E-state index contributed by atoms with van der Waals surface area (Å²) in [5.74, 6) is -0.411. The molecule has 0 radical (unpaired) electrons. The highest BCUT2D eigenvalue weighted by Gasteiger charge is 2.06. The van der Waals surface area contributed by atoms with Crippen LogP contribution in [0.15, 0.2) is 18.2 Å². The van der Waals surface area contributed by atoms with Crippen LogP contribution in [0.5, 0.6) is 0 Å². The second kappa shape index (κ2) is 7.00. The molecule has 0 saturated carbocycles. The van der Waals surface area contributed by atoms with Gasteiger partial charge in [-0.2, -0.15) is 5.26 Å². The lowest BCUT2D eigenvalue weighted by atomic mass is 10.1. The second-order valence-electron chi connectivity index (χ2n) is 3.96. The van der Waals surface area contributed by atoms with E-state index < -0.39 is 5.82 Å². The van der Waals surface area contributed by atoms with Crippen molar-refractivity contribution in [2.24, 2.45) is 0 Å². The van der Waals surface area contributed by atoms with E-state index in [1.807, 2.05) is 13.1 Å². The standard InChI is InChI=1S/C13H18FN3/c1-3-17(2)8-7-16-10-12-6-4-5-11(9-15)13(12)14/h4-6,16H,3,7-8,10H2,1-2H3. The van der Waals surface area contributed by atoms with E-state index in [0.717, 1.165) is 19.6 Å². The summed E-state index contributed by atoms with van der Waals surface area (Å²) in [5.41, 5.74) is 0.651. The molecule has 17 heavy (non-hydrogen) atoms. The van der Waals surface area contributed by atoms with Gasteiger partial charge in [-0.05, 0) is 19.7 Å². The van der Waals surface area contributed by atoms with E-state index in [4.69, 9.17) is 5.26 Å². The Morgan fingerprint density at radius 2 is 2.24 bits per heavy atom. The largest absolute Gasteiger partial charge is 0.311 e. The van der Waals surface area contributed by atoms with Gasteiger partial charge in [-0.15, -0.1) is 0 Å².